The minimum absolute atomic E-state index is 0.0638. The third-order valence-corrected chi connectivity index (χ3v) is 6.77. The van der Waals surface area contributed by atoms with E-state index in [1.165, 1.54) is 24.7 Å². The molecule has 0 saturated heterocycles. The fourth-order valence-corrected chi connectivity index (χ4v) is 4.31. The summed E-state index contributed by atoms with van der Waals surface area (Å²) < 4.78 is 47.3. The molecule has 0 fully saturated rings. The summed E-state index contributed by atoms with van der Waals surface area (Å²) in [5.74, 6) is 2.33. The van der Waals surface area contributed by atoms with E-state index in [1.54, 1.807) is 18.3 Å². The molecule has 0 atom stereocenters. The summed E-state index contributed by atoms with van der Waals surface area (Å²) in [6.07, 6.45) is 4.34. The number of hydrogen-bond donors (Lipinski definition) is 2. The first kappa shape index (κ1) is 26.3. The molecular weight excluding hydrogens is 521 g/mol. The van der Waals surface area contributed by atoms with Gasteiger partial charge in [-0.05, 0) is 60.2 Å². The van der Waals surface area contributed by atoms with Gasteiger partial charge in [0.05, 0.1) is 24.0 Å². The number of furan rings is 1. The van der Waals surface area contributed by atoms with Crippen molar-refractivity contribution < 1.29 is 22.0 Å². The minimum atomic E-state index is -3.02. The van der Waals surface area contributed by atoms with Gasteiger partial charge in [-0.25, -0.2) is 22.8 Å². The van der Waals surface area contributed by atoms with Crippen molar-refractivity contribution in [2.75, 3.05) is 23.9 Å². The Labute approximate surface area is 225 Å². The maximum absolute atomic E-state index is 13.1. The van der Waals surface area contributed by atoms with Gasteiger partial charge in [-0.1, -0.05) is 12.1 Å². The lowest BCUT2D eigenvalue weighted by atomic mass is 10.2. The molecule has 5 rings (SSSR count). The number of fused-ring (bicyclic) bond motifs is 1. The molecule has 0 bridgehead atoms. The molecule has 0 aliphatic rings. The SMILES string of the molecule is CS(=O)(=O)CCNCc1ccc(-c2cc3c(Nc4ccc(OCc5ccc(F)cc5)cc4)ncnc3cn2)o1. The van der Waals surface area contributed by atoms with Crippen LogP contribution in [-0.2, 0) is 23.0 Å². The Balaban J connectivity index is 1.26. The van der Waals surface area contributed by atoms with Gasteiger partial charge in [0.25, 0.3) is 0 Å². The van der Waals surface area contributed by atoms with Crippen LogP contribution in [0.15, 0.2) is 83.7 Å². The van der Waals surface area contributed by atoms with Gasteiger partial charge in [-0.3, -0.25) is 4.98 Å². The van der Waals surface area contributed by atoms with Gasteiger partial charge in [0.2, 0.25) is 0 Å². The Bertz CT molecular complexity index is 1670. The van der Waals surface area contributed by atoms with Crippen LogP contribution < -0.4 is 15.4 Å². The van der Waals surface area contributed by atoms with E-state index in [2.05, 4.69) is 25.6 Å². The van der Waals surface area contributed by atoms with Crippen LogP contribution in [0.3, 0.4) is 0 Å². The van der Waals surface area contributed by atoms with Crippen molar-refractivity contribution in [2.24, 2.45) is 0 Å². The van der Waals surface area contributed by atoms with Gasteiger partial charge in [0.1, 0.15) is 51.6 Å². The van der Waals surface area contributed by atoms with E-state index in [0.29, 0.717) is 54.0 Å². The van der Waals surface area contributed by atoms with Crippen LogP contribution in [0.1, 0.15) is 11.3 Å². The second kappa shape index (κ2) is 11.6. The molecule has 0 amide bonds. The van der Waals surface area contributed by atoms with Crippen LogP contribution in [0, 0.1) is 5.82 Å². The predicted octanol–water partition coefficient (Wildman–Crippen LogP) is 4.88. The second-order valence-corrected chi connectivity index (χ2v) is 11.2. The fourth-order valence-electron chi connectivity index (χ4n) is 3.79. The van der Waals surface area contributed by atoms with Gasteiger partial charge in [0, 0.05) is 23.9 Å². The molecule has 0 unspecified atom stereocenters. The Kier molecular flexibility index (Phi) is 7.80. The number of hydrogen-bond acceptors (Lipinski definition) is 9. The van der Waals surface area contributed by atoms with Crippen molar-refractivity contribution >= 4 is 32.2 Å². The number of ether oxygens (including phenoxy) is 1. The van der Waals surface area contributed by atoms with E-state index in [9.17, 15) is 12.8 Å². The average molecular weight is 548 g/mol. The highest BCUT2D eigenvalue weighted by Crippen LogP contribution is 2.28. The number of pyridine rings is 1. The molecule has 9 nitrogen and oxygen atoms in total. The maximum atomic E-state index is 13.1. The predicted molar refractivity (Wildman–Crippen MR) is 147 cm³/mol. The van der Waals surface area contributed by atoms with Gasteiger partial charge in [-0.2, -0.15) is 0 Å². The van der Waals surface area contributed by atoms with E-state index in [-0.39, 0.29) is 11.6 Å². The second-order valence-electron chi connectivity index (χ2n) is 8.95. The van der Waals surface area contributed by atoms with E-state index < -0.39 is 9.84 Å². The highest BCUT2D eigenvalue weighted by molar-refractivity contribution is 7.90. The number of aromatic nitrogens is 3. The number of rotatable bonds is 11. The van der Waals surface area contributed by atoms with Crippen LogP contribution in [0.4, 0.5) is 15.9 Å². The maximum Gasteiger partial charge on any atom is 0.152 e. The lowest BCUT2D eigenvalue weighted by Gasteiger charge is -2.10. The molecule has 0 radical (unpaired) electrons. The Hall–Kier alpha value is -4.35. The smallest absolute Gasteiger partial charge is 0.152 e. The first-order valence-corrected chi connectivity index (χ1v) is 14.2. The third-order valence-electron chi connectivity index (χ3n) is 5.82. The van der Waals surface area contributed by atoms with Crippen molar-refractivity contribution in [3.63, 3.8) is 0 Å². The summed E-state index contributed by atoms with van der Waals surface area (Å²) in [6.45, 7) is 1.09. The first-order valence-electron chi connectivity index (χ1n) is 12.1. The van der Waals surface area contributed by atoms with E-state index in [4.69, 9.17) is 9.15 Å². The van der Waals surface area contributed by atoms with Crippen LogP contribution in [-0.4, -0.2) is 41.9 Å². The quantitative estimate of drug-likeness (QED) is 0.223. The summed E-state index contributed by atoms with van der Waals surface area (Å²) in [5.41, 5.74) is 2.97. The van der Waals surface area contributed by atoms with E-state index in [1.807, 2.05) is 42.5 Å². The fraction of sp³-hybridized carbons (Fsp3) is 0.179. The van der Waals surface area contributed by atoms with Gasteiger partial charge in [0.15, 0.2) is 5.76 Å². The zero-order chi connectivity index (χ0) is 27.2. The topological polar surface area (TPSA) is 119 Å². The third kappa shape index (κ3) is 7.15. The van der Waals surface area contributed by atoms with Crippen molar-refractivity contribution in [1.29, 1.82) is 0 Å². The molecule has 0 spiro atoms. The molecule has 0 aliphatic carbocycles. The highest BCUT2D eigenvalue weighted by Gasteiger charge is 2.11. The van der Waals surface area contributed by atoms with E-state index in [0.717, 1.165) is 16.6 Å². The molecule has 39 heavy (non-hydrogen) atoms. The number of sulfone groups is 1. The van der Waals surface area contributed by atoms with Crippen LogP contribution in [0.5, 0.6) is 5.75 Å². The highest BCUT2D eigenvalue weighted by atomic mass is 32.2. The molecular formula is C28H26FN5O4S. The van der Waals surface area contributed by atoms with Crippen LogP contribution in [0.2, 0.25) is 0 Å². The number of benzene rings is 2. The van der Waals surface area contributed by atoms with Gasteiger partial charge in [-0.15, -0.1) is 0 Å². The molecule has 11 heteroatoms. The molecule has 3 heterocycles. The Morgan fingerprint density at radius 3 is 2.54 bits per heavy atom. The minimum Gasteiger partial charge on any atom is -0.489 e. The van der Waals surface area contributed by atoms with Crippen molar-refractivity contribution in [3.8, 4) is 17.2 Å². The van der Waals surface area contributed by atoms with Gasteiger partial charge < -0.3 is 19.8 Å². The lowest BCUT2D eigenvalue weighted by molar-refractivity contribution is 0.306. The summed E-state index contributed by atoms with van der Waals surface area (Å²) in [7, 11) is -3.02. The van der Waals surface area contributed by atoms with Gasteiger partial charge >= 0.3 is 0 Å². The van der Waals surface area contributed by atoms with Crippen molar-refractivity contribution in [1.82, 2.24) is 20.3 Å². The largest absolute Gasteiger partial charge is 0.489 e. The average Bonchev–Trinajstić information content (AvgIpc) is 3.40. The monoisotopic (exact) mass is 547 g/mol. The number of nitrogens with one attached hydrogen (secondary N) is 2. The number of nitrogens with zero attached hydrogens (tertiary/aromatic N) is 3. The Morgan fingerprint density at radius 2 is 1.77 bits per heavy atom. The molecule has 2 N–H and O–H groups in total. The molecule has 200 valence electrons. The first-order chi connectivity index (χ1) is 18.8. The number of halogens is 1. The zero-order valence-corrected chi connectivity index (χ0v) is 21.9. The normalized spacial score (nSPS) is 11.5. The summed E-state index contributed by atoms with van der Waals surface area (Å²) in [4.78, 5) is 13.2. The number of anilines is 2. The summed E-state index contributed by atoms with van der Waals surface area (Å²) >= 11 is 0. The van der Waals surface area contributed by atoms with Crippen LogP contribution >= 0.6 is 0 Å². The molecule has 0 saturated carbocycles. The van der Waals surface area contributed by atoms with Crippen molar-refractivity contribution in [3.05, 3.63) is 96.4 Å². The van der Waals surface area contributed by atoms with E-state index >= 15 is 0 Å². The summed E-state index contributed by atoms with van der Waals surface area (Å²) in [5, 5.41) is 7.15. The lowest BCUT2D eigenvalue weighted by Crippen LogP contribution is -2.21. The Morgan fingerprint density at radius 1 is 0.974 bits per heavy atom. The molecule has 2 aromatic carbocycles. The molecule has 5 aromatic rings. The summed E-state index contributed by atoms with van der Waals surface area (Å²) in [6, 6.07) is 19.2. The standard InChI is InChI=1S/C28H26FN5O4S/c1-39(35,36)13-12-30-15-23-10-11-27(38-23)25-14-24-26(16-31-25)32-18-33-28(24)34-21-6-8-22(9-7-21)37-17-19-2-4-20(29)5-3-19/h2-11,14,16,18,30H,12-13,15,17H2,1H3,(H,32,33,34). The van der Waals surface area contributed by atoms with Crippen molar-refractivity contribution in [2.45, 2.75) is 13.2 Å². The van der Waals surface area contributed by atoms with Crippen LogP contribution in [0.25, 0.3) is 22.4 Å². The molecule has 0 aliphatic heterocycles. The molecule has 3 aromatic heterocycles. The zero-order valence-electron chi connectivity index (χ0n) is 21.1.